The lowest BCUT2D eigenvalue weighted by molar-refractivity contribution is -0.122. The Morgan fingerprint density at radius 2 is 1.85 bits per heavy atom. The van der Waals surface area contributed by atoms with Crippen molar-refractivity contribution in [2.45, 2.75) is 25.7 Å². The Labute approximate surface area is 201 Å². The molecule has 0 saturated carbocycles. The molecule has 172 valence electrons. The van der Waals surface area contributed by atoms with Crippen LogP contribution in [-0.2, 0) is 9.59 Å². The van der Waals surface area contributed by atoms with E-state index in [4.69, 9.17) is 17.0 Å². The normalized spacial score (nSPS) is 14.6. The number of para-hydroxylation sites is 1. The molecule has 1 heterocycles. The van der Waals surface area contributed by atoms with Gasteiger partial charge in [-0.25, -0.2) is 4.79 Å². The molecule has 1 aliphatic rings. The van der Waals surface area contributed by atoms with Gasteiger partial charge >= 0.3 is 5.97 Å². The van der Waals surface area contributed by atoms with Crippen LogP contribution in [0.5, 0.6) is 5.75 Å². The van der Waals surface area contributed by atoms with Crippen LogP contribution in [0.2, 0.25) is 0 Å². The number of amides is 2. The van der Waals surface area contributed by atoms with E-state index in [1.165, 1.54) is 17.8 Å². The topological polar surface area (TPSA) is 95.9 Å². The Kier molecular flexibility index (Phi) is 8.62. The number of nitrogens with one attached hydrogen (secondary N) is 1. The Morgan fingerprint density at radius 3 is 2.55 bits per heavy atom. The van der Waals surface area contributed by atoms with Crippen molar-refractivity contribution < 1.29 is 24.2 Å². The summed E-state index contributed by atoms with van der Waals surface area (Å²) in [7, 11) is 1.60. The molecular formula is C24H24N2O5S2. The number of thioether (sulfide) groups is 1. The number of hydrogen-bond acceptors (Lipinski definition) is 6. The van der Waals surface area contributed by atoms with Crippen molar-refractivity contribution in [1.29, 1.82) is 0 Å². The number of carboxylic acids is 1. The van der Waals surface area contributed by atoms with Gasteiger partial charge in [-0.2, -0.15) is 0 Å². The largest absolute Gasteiger partial charge is 0.497 e. The van der Waals surface area contributed by atoms with Crippen molar-refractivity contribution in [3.05, 3.63) is 64.6 Å². The Bertz CT molecular complexity index is 1080. The molecule has 2 N–H and O–H groups in total. The van der Waals surface area contributed by atoms with Crippen LogP contribution in [0, 0.1) is 0 Å². The van der Waals surface area contributed by atoms with Gasteiger partial charge in [-0.3, -0.25) is 14.5 Å². The monoisotopic (exact) mass is 484 g/mol. The number of thiocarbonyl (C=S) groups is 1. The van der Waals surface area contributed by atoms with Gasteiger partial charge in [-0.05, 0) is 48.7 Å². The van der Waals surface area contributed by atoms with Gasteiger partial charge < -0.3 is 15.2 Å². The molecule has 0 bridgehead atoms. The number of carbonyl (C=O) groups is 3. The van der Waals surface area contributed by atoms with E-state index in [2.05, 4.69) is 5.32 Å². The van der Waals surface area contributed by atoms with Gasteiger partial charge in [-0.15, -0.1) is 0 Å². The molecule has 33 heavy (non-hydrogen) atoms. The summed E-state index contributed by atoms with van der Waals surface area (Å²) in [6, 6.07) is 13.7. The maximum absolute atomic E-state index is 12.7. The number of anilines is 1. The van der Waals surface area contributed by atoms with E-state index in [0.29, 0.717) is 28.6 Å². The minimum atomic E-state index is -1.09. The van der Waals surface area contributed by atoms with E-state index < -0.39 is 5.97 Å². The van der Waals surface area contributed by atoms with Gasteiger partial charge in [0, 0.05) is 13.0 Å². The molecular weight excluding hydrogens is 460 g/mol. The van der Waals surface area contributed by atoms with Gasteiger partial charge in [0.1, 0.15) is 10.1 Å². The first-order valence-corrected chi connectivity index (χ1v) is 11.6. The predicted octanol–water partition coefficient (Wildman–Crippen LogP) is 4.79. The summed E-state index contributed by atoms with van der Waals surface area (Å²) in [4.78, 5) is 38.3. The highest BCUT2D eigenvalue weighted by molar-refractivity contribution is 8.26. The molecule has 7 nitrogen and oxygen atoms in total. The maximum Gasteiger partial charge on any atom is 0.337 e. The fourth-order valence-corrected chi connectivity index (χ4v) is 4.58. The second-order valence-corrected chi connectivity index (χ2v) is 8.99. The molecule has 1 fully saturated rings. The van der Waals surface area contributed by atoms with Crippen LogP contribution in [0.1, 0.15) is 41.6 Å². The molecule has 0 aliphatic carbocycles. The summed E-state index contributed by atoms with van der Waals surface area (Å²) in [5.74, 6) is -0.685. The van der Waals surface area contributed by atoms with Crippen molar-refractivity contribution in [3.63, 3.8) is 0 Å². The zero-order valence-corrected chi connectivity index (χ0v) is 19.7. The highest BCUT2D eigenvalue weighted by atomic mass is 32.2. The first kappa shape index (κ1) is 24.5. The molecule has 0 radical (unpaired) electrons. The molecule has 3 rings (SSSR count). The van der Waals surface area contributed by atoms with Crippen molar-refractivity contribution in [2.24, 2.45) is 0 Å². The average Bonchev–Trinajstić information content (AvgIpc) is 3.06. The zero-order valence-electron chi connectivity index (χ0n) is 18.1. The van der Waals surface area contributed by atoms with E-state index in [9.17, 15) is 19.5 Å². The Morgan fingerprint density at radius 1 is 1.12 bits per heavy atom. The number of methoxy groups -OCH3 is 1. The molecule has 0 aromatic heterocycles. The molecule has 0 unspecified atom stereocenters. The van der Waals surface area contributed by atoms with E-state index >= 15 is 0 Å². The number of carbonyl (C=O) groups excluding carboxylic acids is 2. The van der Waals surface area contributed by atoms with Crippen molar-refractivity contribution in [1.82, 2.24) is 4.90 Å². The number of aromatic carboxylic acids is 1. The fourth-order valence-electron chi connectivity index (χ4n) is 3.27. The Balaban J connectivity index is 1.43. The lowest BCUT2D eigenvalue weighted by Crippen LogP contribution is -2.29. The van der Waals surface area contributed by atoms with E-state index in [0.717, 1.165) is 17.7 Å². The summed E-state index contributed by atoms with van der Waals surface area (Å²) in [5, 5.41) is 11.8. The minimum Gasteiger partial charge on any atom is -0.497 e. The van der Waals surface area contributed by atoms with Crippen LogP contribution < -0.4 is 10.1 Å². The third-order valence-corrected chi connectivity index (χ3v) is 6.38. The molecule has 2 aromatic rings. The molecule has 1 saturated heterocycles. The van der Waals surface area contributed by atoms with Crippen LogP contribution >= 0.6 is 24.0 Å². The third-order valence-electron chi connectivity index (χ3n) is 5.00. The minimum absolute atomic E-state index is 0.0582. The number of unbranched alkanes of at least 4 members (excludes halogenated alkanes) is 2. The van der Waals surface area contributed by atoms with E-state index in [-0.39, 0.29) is 29.5 Å². The van der Waals surface area contributed by atoms with Gasteiger partial charge in [0.05, 0.1) is 23.3 Å². The van der Waals surface area contributed by atoms with Crippen molar-refractivity contribution >= 4 is 57.8 Å². The third kappa shape index (κ3) is 6.66. The summed E-state index contributed by atoms with van der Waals surface area (Å²) in [6.45, 7) is 0.494. The SMILES string of the molecule is COc1ccc(C=C2SC(=S)N(CCCCCC(=O)Nc3ccccc3C(=O)O)C2=O)cc1. The summed E-state index contributed by atoms with van der Waals surface area (Å²) in [5.41, 5.74) is 1.24. The van der Waals surface area contributed by atoms with Crippen LogP contribution in [0.3, 0.4) is 0 Å². The van der Waals surface area contributed by atoms with Gasteiger partial charge in [0.2, 0.25) is 5.91 Å². The van der Waals surface area contributed by atoms with Crippen LogP contribution in [0.4, 0.5) is 5.69 Å². The summed E-state index contributed by atoms with van der Waals surface area (Å²) < 4.78 is 5.68. The van der Waals surface area contributed by atoms with Crippen LogP contribution in [-0.4, -0.2) is 45.8 Å². The van der Waals surface area contributed by atoms with Crippen LogP contribution in [0.15, 0.2) is 53.4 Å². The van der Waals surface area contributed by atoms with Crippen molar-refractivity contribution in [3.8, 4) is 5.75 Å². The highest BCUT2D eigenvalue weighted by Gasteiger charge is 2.31. The number of carboxylic acid groups (broad SMARTS) is 1. The quantitative estimate of drug-likeness (QED) is 0.284. The first-order valence-electron chi connectivity index (χ1n) is 10.4. The van der Waals surface area contributed by atoms with Crippen LogP contribution in [0.25, 0.3) is 6.08 Å². The van der Waals surface area contributed by atoms with E-state index in [1.54, 1.807) is 30.2 Å². The number of hydrogen-bond donors (Lipinski definition) is 2. The molecule has 2 aromatic carbocycles. The lowest BCUT2D eigenvalue weighted by atomic mass is 10.1. The maximum atomic E-state index is 12.7. The second kappa shape index (κ2) is 11.6. The molecule has 0 atom stereocenters. The molecule has 2 amide bonds. The molecule has 0 spiro atoms. The van der Waals surface area contributed by atoms with Gasteiger partial charge in [0.15, 0.2) is 0 Å². The first-order chi connectivity index (χ1) is 15.9. The number of ether oxygens (including phenoxy) is 1. The predicted molar refractivity (Wildman–Crippen MR) is 133 cm³/mol. The smallest absolute Gasteiger partial charge is 0.337 e. The van der Waals surface area contributed by atoms with Gasteiger partial charge in [-0.1, -0.05) is 54.7 Å². The highest BCUT2D eigenvalue weighted by Crippen LogP contribution is 2.33. The standard InChI is InChI=1S/C24H24N2O5S2/c1-31-17-12-10-16(11-13-17)15-20-22(28)26(24(32)33-20)14-6-2-3-9-21(27)25-19-8-5-4-7-18(19)23(29)30/h4-5,7-8,10-13,15H,2-3,6,9,14H2,1H3,(H,25,27)(H,29,30). The Hall–Kier alpha value is -3.17. The summed E-state index contributed by atoms with van der Waals surface area (Å²) in [6.07, 6.45) is 4.16. The molecule has 1 aliphatic heterocycles. The zero-order chi connectivity index (χ0) is 23.8. The number of rotatable bonds is 10. The lowest BCUT2D eigenvalue weighted by Gasteiger charge is -2.14. The number of benzene rings is 2. The fraction of sp³-hybridized carbons (Fsp3) is 0.250. The second-order valence-electron chi connectivity index (χ2n) is 7.32. The average molecular weight is 485 g/mol. The van der Waals surface area contributed by atoms with Crippen molar-refractivity contribution in [2.75, 3.05) is 19.0 Å². The summed E-state index contributed by atoms with van der Waals surface area (Å²) >= 11 is 6.66. The van der Waals surface area contributed by atoms with E-state index in [1.807, 2.05) is 30.3 Å². The van der Waals surface area contributed by atoms with Gasteiger partial charge in [0.25, 0.3) is 5.91 Å². The number of nitrogens with zero attached hydrogens (tertiary/aromatic N) is 1. The molecule has 9 heteroatoms.